The molecule has 2 N–H and O–H groups in total. The lowest BCUT2D eigenvalue weighted by atomic mass is 10.4. The summed E-state index contributed by atoms with van der Waals surface area (Å²) in [5.41, 5.74) is 5.88. The number of aromatic nitrogens is 2. The maximum absolute atomic E-state index is 5.88. The summed E-state index contributed by atoms with van der Waals surface area (Å²) in [6.45, 7) is 5.55. The predicted octanol–water partition coefficient (Wildman–Crippen LogP) is 2.04. The number of nitrogen functional groups attached to an aromatic ring is 1. The van der Waals surface area contributed by atoms with E-state index in [-0.39, 0.29) is 0 Å². The molecule has 1 fully saturated rings. The van der Waals surface area contributed by atoms with Gasteiger partial charge in [-0.3, -0.25) is 4.90 Å². The van der Waals surface area contributed by atoms with Crippen LogP contribution in [-0.2, 0) is 4.74 Å². The molecule has 8 heteroatoms. The third-order valence-corrected chi connectivity index (χ3v) is 5.61. The van der Waals surface area contributed by atoms with Crippen molar-refractivity contribution in [3.8, 4) is 0 Å². The normalized spacial score (nSPS) is 15.7. The van der Waals surface area contributed by atoms with Crippen LogP contribution in [0, 0.1) is 0 Å². The van der Waals surface area contributed by atoms with E-state index in [1.165, 1.54) is 4.21 Å². The van der Waals surface area contributed by atoms with Gasteiger partial charge in [0.15, 0.2) is 0 Å². The Balaban J connectivity index is 1.62. The first-order valence-electron chi connectivity index (χ1n) is 7.58. The highest BCUT2D eigenvalue weighted by molar-refractivity contribution is 8.01. The number of hydrogen-bond donors (Lipinski definition) is 1. The molecule has 0 unspecified atom stereocenters. The number of nitrogens with two attached hydrogens (primary N) is 1. The van der Waals surface area contributed by atoms with Crippen LogP contribution >= 0.6 is 23.1 Å². The Morgan fingerprint density at radius 2 is 2.22 bits per heavy atom. The van der Waals surface area contributed by atoms with Gasteiger partial charge in [-0.05, 0) is 11.4 Å². The van der Waals surface area contributed by atoms with E-state index in [0.717, 1.165) is 50.2 Å². The number of anilines is 2. The lowest BCUT2D eigenvalue weighted by molar-refractivity contribution is 0.0392. The van der Waals surface area contributed by atoms with Gasteiger partial charge < -0.3 is 15.4 Å². The second-order valence-electron chi connectivity index (χ2n) is 5.33. The summed E-state index contributed by atoms with van der Waals surface area (Å²) in [6.07, 6.45) is 0. The Bertz CT molecular complexity index is 616. The Kier molecular flexibility index (Phi) is 5.71. The minimum Gasteiger partial charge on any atom is -0.379 e. The predicted molar refractivity (Wildman–Crippen MR) is 95.4 cm³/mol. The molecule has 3 heterocycles. The minimum atomic E-state index is 0.319. The molecule has 1 aliphatic heterocycles. The average molecular weight is 352 g/mol. The van der Waals surface area contributed by atoms with Crippen LogP contribution in [0.25, 0.3) is 0 Å². The molecule has 2 aromatic heterocycles. The highest BCUT2D eigenvalue weighted by atomic mass is 32.2. The van der Waals surface area contributed by atoms with Gasteiger partial charge in [0, 0.05) is 39.3 Å². The van der Waals surface area contributed by atoms with Crippen LogP contribution in [0.5, 0.6) is 0 Å². The van der Waals surface area contributed by atoms with E-state index >= 15 is 0 Å². The summed E-state index contributed by atoms with van der Waals surface area (Å²) >= 11 is 3.32. The monoisotopic (exact) mass is 351 g/mol. The van der Waals surface area contributed by atoms with Crippen LogP contribution in [-0.4, -0.2) is 61.3 Å². The average Bonchev–Trinajstić information content (AvgIpc) is 3.06. The van der Waals surface area contributed by atoms with Crippen molar-refractivity contribution in [1.29, 1.82) is 0 Å². The molecular formula is C15H21N5OS2. The SMILES string of the molecule is CN(CCN1CCOCC1)c1cc(Sc2cccs2)nc(N)n1. The van der Waals surface area contributed by atoms with Crippen LogP contribution < -0.4 is 10.6 Å². The highest BCUT2D eigenvalue weighted by Gasteiger charge is 2.13. The third kappa shape index (κ3) is 4.81. The van der Waals surface area contributed by atoms with Crippen molar-refractivity contribution in [2.75, 3.05) is 57.1 Å². The summed E-state index contributed by atoms with van der Waals surface area (Å²) in [5, 5.41) is 2.94. The number of thiophene rings is 1. The van der Waals surface area contributed by atoms with E-state index in [9.17, 15) is 0 Å². The molecule has 2 aromatic rings. The van der Waals surface area contributed by atoms with E-state index in [1.54, 1.807) is 23.1 Å². The quantitative estimate of drug-likeness (QED) is 0.799. The molecule has 0 aromatic carbocycles. The first-order valence-corrected chi connectivity index (χ1v) is 9.27. The minimum absolute atomic E-state index is 0.319. The van der Waals surface area contributed by atoms with Gasteiger partial charge in [-0.2, -0.15) is 4.98 Å². The van der Waals surface area contributed by atoms with Gasteiger partial charge in [-0.15, -0.1) is 11.3 Å². The fourth-order valence-electron chi connectivity index (χ4n) is 2.33. The Morgan fingerprint density at radius 1 is 1.39 bits per heavy atom. The largest absolute Gasteiger partial charge is 0.379 e. The fraction of sp³-hybridized carbons (Fsp3) is 0.467. The molecule has 0 bridgehead atoms. The summed E-state index contributed by atoms with van der Waals surface area (Å²) in [4.78, 5) is 13.2. The molecule has 6 nitrogen and oxygen atoms in total. The van der Waals surface area contributed by atoms with E-state index in [4.69, 9.17) is 10.5 Å². The van der Waals surface area contributed by atoms with Gasteiger partial charge in [0.1, 0.15) is 10.8 Å². The first-order chi connectivity index (χ1) is 11.2. The molecule has 1 saturated heterocycles. The van der Waals surface area contributed by atoms with Crippen molar-refractivity contribution in [2.24, 2.45) is 0 Å². The topological polar surface area (TPSA) is 67.5 Å². The lowest BCUT2D eigenvalue weighted by Gasteiger charge is -2.29. The highest BCUT2D eigenvalue weighted by Crippen LogP contribution is 2.31. The first kappa shape index (κ1) is 16.5. The Hall–Kier alpha value is -1.35. The summed E-state index contributed by atoms with van der Waals surface area (Å²) < 4.78 is 6.58. The number of likely N-dealkylation sites (N-methyl/N-ethyl adjacent to an activating group) is 1. The summed E-state index contributed by atoms with van der Waals surface area (Å²) in [5.74, 6) is 1.18. The van der Waals surface area contributed by atoms with Gasteiger partial charge in [0.05, 0.1) is 17.4 Å². The molecule has 23 heavy (non-hydrogen) atoms. The molecule has 0 amide bonds. The van der Waals surface area contributed by atoms with Crippen LogP contribution in [0.2, 0.25) is 0 Å². The molecule has 124 valence electrons. The van der Waals surface area contributed by atoms with Crippen molar-refractivity contribution in [3.63, 3.8) is 0 Å². The number of rotatable bonds is 6. The lowest BCUT2D eigenvalue weighted by Crippen LogP contribution is -2.40. The zero-order chi connectivity index (χ0) is 16.1. The van der Waals surface area contributed by atoms with Crippen molar-refractivity contribution in [3.05, 3.63) is 23.6 Å². The van der Waals surface area contributed by atoms with Crippen LogP contribution in [0.4, 0.5) is 11.8 Å². The van der Waals surface area contributed by atoms with Gasteiger partial charge in [0.2, 0.25) is 5.95 Å². The zero-order valence-electron chi connectivity index (χ0n) is 13.1. The smallest absolute Gasteiger partial charge is 0.223 e. The number of hydrogen-bond acceptors (Lipinski definition) is 8. The molecule has 0 radical (unpaired) electrons. The van der Waals surface area contributed by atoms with Gasteiger partial charge >= 0.3 is 0 Å². The molecular weight excluding hydrogens is 330 g/mol. The number of morpholine rings is 1. The molecule has 1 aliphatic rings. The van der Waals surface area contributed by atoms with Crippen LogP contribution in [0.1, 0.15) is 0 Å². The second-order valence-corrected chi connectivity index (χ2v) is 7.60. The van der Waals surface area contributed by atoms with Crippen molar-refractivity contribution in [2.45, 2.75) is 9.24 Å². The Labute approximate surface area is 144 Å². The maximum atomic E-state index is 5.88. The maximum Gasteiger partial charge on any atom is 0.223 e. The van der Waals surface area contributed by atoms with Gasteiger partial charge in [-0.25, -0.2) is 4.98 Å². The van der Waals surface area contributed by atoms with Gasteiger partial charge in [-0.1, -0.05) is 17.8 Å². The molecule has 3 rings (SSSR count). The molecule has 0 saturated carbocycles. The zero-order valence-corrected chi connectivity index (χ0v) is 14.8. The van der Waals surface area contributed by atoms with Crippen molar-refractivity contribution < 1.29 is 4.74 Å². The van der Waals surface area contributed by atoms with Crippen molar-refractivity contribution in [1.82, 2.24) is 14.9 Å². The third-order valence-electron chi connectivity index (χ3n) is 3.65. The van der Waals surface area contributed by atoms with E-state index in [0.29, 0.717) is 5.95 Å². The molecule has 0 aliphatic carbocycles. The van der Waals surface area contributed by atoms with Gasteiger partial charge in [0.25, 0.3) is 0 Å². The number of nitrogens with zero attached hydrogens (tertiary/aromatic N) is 4. The summed E-state index contributed by atoms with van der Waals surface area (Å²) in [6, 6.07) is 6.11. The van der Waals surface area contributed by atoms with E-state index in [2.05, 4.69) is 31.2 Å². The second kappa shape index (κ2) is 7.96. The standard InChI is InChI=1S/C15H21N5OS2/c1-19(4-5-20-6-8-21-9-7-20)12-11-13(18-15(16)17-12)23-14-3-2-10-22-14/h2-3,10-11H,4-9H2,1H3,(H2,16,17,18). The van der Waals surface area contributed by atoms with Crippen LogP contribution in [0.15, 0.2) is 32.8 Å². The number of ether oxygens (including phenoxy) is 1. The van der Waals surface area contributed by atoms with Crippen LogP contribution in [0.3, 0.4) is 0 Å². The van der Waals surface area contributed by atoms with E-state index < -0.39 is 0 Å². The van der Waals surface area contributed by atoms with E-state index in [1.807, 2.05) is 19.2 Å². The fourth-order valence-corrected chi connectivity index (χ4v) is 4.05. The molecule has 0 atom stereocenters. The molecule has 0 spiro atoms. The Morgan fingerprint density at radius 3 is 2.96 bits per heavy atom. The summed E-state index contributed by atoms with van der Waals surface area (Å²) in [7, 11) is 2.04. The van der Waals surface area contributed by atoms with Crippen molar-refractivity contribution >= 4 is 34.9 Å².